The molecular weight excluding hydrogens is 942 g/mol. The maximum absolute atomic E-state index is 12.8. The monoisotopic (exact) mass is 1060 g/mol. The Morgan fingerprint density at radius 2 is 0.770 bits per heavy atom. The first-order valence-corrected chi connectivity index (χ1v) is 32.2. The van der Waals surface area contributed by atoms with Crippen LogP contribution in [0.1, 0.15) is 271 Å². The van der Waals surface area contributed by atoms with E-state index in [-0.39, 0.29) is 32.0 Å². The second kappa shape index (κ2) is 55.2. The molecule has 0 aliphatic rings. The third kappa shape index (κ3) is 58.7. The standard InChI is InChI=1S/C64H116NO8P/c1-6-8-10-12-14-16-18-19-20-21-22-23-24-25-26-27-28-29-30-31-32-33-34-35-36-37-38-39-40-41-42-43-44-45-47-49-51-53-55-57-64(67)73-62(61-72-74(68,69)71-59-58-65(3,4)5)60-70-63(66)56-54-52-50-48-46-17-15-13-11-9-7-2/h8,10,13-16,19-20,22-23,25-26,62H,6-7,9,11-12,17-18,21,24,27-61H2,1-5H3/p+1/b10-8-,15-13-,16-14-,20-19-,23-22-,26-25-. The highest BCUT2D eigenvalue weighted by Gasteiger charge is 2.27. The van der Waals surface area contributed by atoms with Crippen molar-refractivity contribution in [1.82, 2.24) is 0 Å². The van der Waals surface area contributed by atoms with Crippen LogP contribution in [0.2, 0.25) is 0 Å². The number of quaternary nitrogens is 1. The first kappa shape index (κ1) is 71.5. The molecule has 0 aliphatic heterocycles. The van der Waals surface area contributed by atoms with Crippen molar-refractivity contribution < 1.29 is 42.1 Å². The second-order valence-electron chi connectivity index (χ2n) is 21.7. The fourth-order valence-electron chi connectivity index (χ4n) is 8.50. The molecule has 430 valence electrons. The number of hydrogen-bond acceptors (Lipinski definition) is 7. The number of unbranched alkanes of at least 4 members (excludes halogenated alkanes) is 30. The molecule has 0 saturated carbocycles. The maximum atomic E-state index is 12.8. The number of hydrogen-bond donors (Lipinski definition) is 1. The van der Waals surface area contributed by atoms with Crippen LogP contribution in [-0.2, 0) is 32.7 Å². The summed E-state index contributed by atoms with van der Waals surface area (Å²) < 4.78 is 34.5. The normalized spacial score (nSPS) is 13.8. The number of nitrogens with zero attached hydrogens (tertiary/aromatic N) is 1. The quantitative estimate of drug-likeness (QED) is 0.0211. The fraction of sp³-hybridized carbons (Fsp3) is 0.781. The van der Waals surface area contributed by atoms with Gasteiger partial charge in [0.15, 0.2) is 6.10 Å². The molecular formula is C64H117NO8P+. The molecule has 0 radical (unpaired) electrons. The van der Waals surface area contributed by atoms with Crippen LogP contribution < -0.4 is 0 Å². The van der Waals surface area contributed by atoms with Gasteiger partial charge in [0.05, 0.1) is 27.7 Å². The average molecular weight is 1060 g/mol. The Labute approximate surface area is 457 Å². The van der Waals surface area contributed by atoms with Crippen LogP contribution in [0.5, 0.6) is 0 Å². The molecule has 0 aromatic carbocycles. The van der Waals surface area contributed by atoms with Gasteiger partial charge in [-0.05, 0) is 77.0 Å². The summed E-state index contributed by atoms with van der Waals surface area (Å²) in [5.41, 5.74) is 0. The summed E-state index contributed by atoms with van der Waals surface area (Å²) in [5.74, 6) is -0.801. The van der Waals surface area contributed by atoms with E-state index in [9.17, 15) is 19.0 Å². The van der Waals surface area contributed by atoms with Crippen molar-refractivity contribution in [3.05, 3.63) is 72.9 Å². The highest BCUT2D eigenvalue weighted by atomic mass is 31.2. The summed E-state index contributed by atoms with van der Waals surface area (Å²) in [4.78, 5) is 35.5. The van der Waals surface area contributed by atoms with E-state index in [0.717, 1.165) is 89.9 Å². The van der Waals surface area contributed by atoms with Gasteiger partial charge in [-0.15, -0.1) is 0 Å². The zero-order valence-electron chi connectivity index (χ0n) is 48.8. The molecule has 0 fully saturated rings. The highest BCUT2D eigenvalue weighted by Crippen LogP contribution is 2.43. The van der Waals surface area contributed by atoms with E-state index in [2.05, 4.69) is 86.8 Å². The van der Waals surface area contributed by atoms with Crippen molar-refractivity contribution in [3.63, 3.8) is 0 Å². The Balaban J connectivity index is 3.88. The van der Waals surface area contributed by atoms with Crippen molar-refractivity contribution in [2.24, 2.45) is 0 Å². The minimum atomic E-state index is -4.38. The Morgan fingerprint density at radius 3 is 1.16 bits per heavy atom. The maximum Gasteiger partial charge on any atom is 0.472 e. The summed E-state index contributed by atoms with van der Waals surface area (Å²) in [6, 6.07) is 0. The molecule has 0 amide bonds. The largest absolute Gasteiger partial charge is 0.472 e. The minimum Gasteiger partial charge on any atom is -0.462 e. The van der Waals surface area contributed by atoms with Crippen molar-refractivity contribution >= 4 is 19.8 Å². The Bertz CT molecular complexity index is 1480. The molecule has 0 aromatic rings. The summed E-state index contributed by atoms with van der Waals surface area (Å²) in [7, 11) is 1.48. The van der Waals surface area contributed by atoms with Crippen LogP contribution in [0, 0.1) is 0 Å². The van der Waals surface area contributed by atoms with E-state index in [1.165, 1.54) is 148 Å². The number of esters is 2. The molecule has 0 aromatic heterocycles. The lowest BCUT2D eigenvalue weighted by molar-refractivity contribution is -0.870. The molecule has 9 nitrogen and oxygen atoms in total. The predicted molar refractivity (Wildman–Crippen MR) is 316 cm³/mol. The van der Waals surface area contributed by atoms with Crippen LogP contribution in [-0.4, -0.2) is 74.9 Å². The summed E-state index contributed by atoms with van der Waals surface area (Å²) in [6.45, 7) is 4.28. The minimum absolute atomic E-state index is 0.0307. The van der Waals surface area contributed by atoms with Crippen LogP contribution in [0.15, 0.2) is 72.9 Å². The van der Waals surface area contributed by atoms with E-state index >= 15 is 0 Å². The molecule has 2 atom stereocenters. The van der Waals surface area contributed by atoms with Crippen molar-refractivity contribution in [3.8, 4) is 0 Å². The van der Waals surface area contributed by atoms with Gasteiger partial charge in [-0.3, -0.25) is 18.6 Å². The van der Waals surface area contributed by atoms with E-state index < -0.39 is 26.5 Å². The molecule has 10 heteroatoms. The van der Waals surface area contributed by atoms with E-state index in [0.29, 0.717) is 17.4 Å². The highest BCUT2D eigenvalue weighted by molar-refractivity contribution is 7.47. The van der Waals surface area contributed by atoms with Crippen LogP contribution in [0.25, 0.3) is 0 Å². The van der Waals surface area contributed by atoms with Crippen molar-refractivity contribution in [1.29, 1.82) is 0 Å². The number of allylic oxidation sites excluding steroid dienone is 12. The topological polar surface area (TPSA) is 108 Å². The second-order valence-corrected chi connectivity index (χ2v) is 23.2. The molecule has 2 unspecified atom stereocenters. The average Bonchev–Trinajstić information content (AvgIpc) is 3.36. The fourth-order valence-corrected chi connectivity index (χ4v) is 9.24. The van der Waals surface area contributed by atoms with E-state index in [4.69, 9.17) is 18.5 Å². The van der Waals surface area contributed by atoms with Gasteiger partial charge in [0, 0.05) is 12.8 Å². The summed E-state index contributed by atoms with van der Waals surface area (Å²) in [6.07, 6.45) is 73.0. The van der Waals surface area contributed by atoms with E-state index in [1.54, 1.807) is 0 Å². The van der Waals surface area contributed by atoms with Gasteiger partial charge in [0.1, 0.15) is 19.8 Å². The molecule has 1 N–H and O–H groups in total. The summed E-state index contributed by atoms with van der Waals surface area (Å²) in [5, 5.41) is 0. The zero-order valence-corrected chi connectivity index (χ0v) is 49.7. The zero-order chi connectivity index (χ0) is 54.2. The number of ether oxygens (including phenoxy) is 2. The Hall–Kier alpha value is -2.55. The lowest BCUT2D eigenvalue weighted by Gasteiger charge is -2.24. The van der Waals surface area contributed by atoms with Crippen LogP contribution in [0.3, 0.4) is 0 Å². The summed E-state index contributed by atoms with van der Waals surface area (Å²) >= 11 is 0. The van der Waals surface area contributed by atoms with Crippen molar-refractivity contribution in [2.75, 3.05) is 47.5 Å². The third-order valence-electron chi connectivity index (χ3n) is 13.2. The number of likely N-dealkylation sites (N-methyl/N-ethyl adjacent to an activating group) is 1. The SMILES string of the molecule is CC/C=C\C/C=C\C/C=C\C/C=C\C/C=C\CCCCCCCCCCCCCCCCCCCCCCCCCC(=O)OC(COC(=O)CCCCCCC/C=C\CCCC)COP(=O)(O)OCC[N+](C)(C)C. The Morgan fingerprint density at radius 1 is 0.432 bits per heavy atom. The van der Waals surface area contributed by atoms with Gasteiger partial charge < -0.3 is 18.9 Å². The number of carbonyl (C=O) groups excluding carboxylic acids is 2. The van der Waals surface area contributed by atoms with Gasteiger partial charge >= 0.3 is 19.8 Å². The first-order valence-electron chi connectivity index (χ1n) is 30.7. The first-order chi connectivity index (χ1) is 36.0. The lowest BCUT2D eigenvalue weighted by atomic mass is 10.0. The number of phosphoric ester groups is 1. The number of carbonyl (C=O) groups is 2. The van der Waals surface area contributed by atoms with Gasteiger partial charge in [0.25, 0.3) is 0 Å². The van der Waals surface area contributed by atoms with E-state index in [1.807, 2.05) is 21.1 Å². The molecule has 74 heavy (non-hydrogen) atoms. The molecule has 0 spiro atoms. The van der Waals surface area contributed by atoms with Crippen LogP contribution in [0.4, 0.5) is 0 Å². The van der Waals surface area contributed by atoms with Crippen LogP contribution >= 0.6 is 7.82 Å². The number of rotatable bonds is 56. The molecule has 0 aliphatic carbocycles. The molecule has 0 rings (SSSR count). The Kier molecular flexibility index (Phi) is 53.3. The van der Waals surface area contributed by atoms with Crippen molar-refractivity contribution in [2.45, 2.75) is 277 Å². The molecule has 0 bridgehead atoms. The predicted octanol–water partition coefficient (Wildman–Crippen LogP) is 19.3. The van der Waals surface area contributed by atoms with Gasteiger partial charge in [-0.2, -0.15) is 0 Å². The van der Waals surface area contributed by atoms with Gasteiger partial charge in [-0.1, -0.05) is 254 Å². The van der Waals surface area contributed by atoms with Gasteiger partial charge in [-0.25, -0.2) is 4.57 Å². The lowest BCUT2D eigenvalue weighted by Crippen LogP contribution is -2.37. The molecule has 0 heterocycles. The smallest absolute Gasteiger partial charge is 0.462 e. The molecule has 0 saturated heterocycles. The van der Waals surface area contributed by atoms with Gasteiger partial charge in [0.2, 0.25) is 0 Å². The third-order valence-corrected chi connectivity index (χ3v) is 14.2. The number of phosphoric acid groups is 1.